The first-order valence-electron chi connectivity index (χ1n) is 6.91. The predicted octanol–water partition coefficient (Wildman–Crippen LogP) is 3.45. The van der Waals surface area contributed by atoms with Gasteiger partial charge in [0.2, 0.25) is 0 Å². The number of hydrogen-bond acceptors (Lipinski definition) is 4. The van der Waals surface area contributed by atoms with Gasteiger partial charge in [0, 0.05) is 29.1 Å². The lowest BCUT2D eigenvalue weighted by molar-refractivity contribution is 0.479. The van der Waals surface area contributed by atoms with Gasteiger partial charge in [-0.2, -0.15) is 28.6 Å². The summed E-state index contributed by atoms with van der Waals surface area (Å²) in [7, 11) is 0. The lowest BCUT2D eigenvalue weighted by atomic mass is 10.1. The van der Waals surface area contributed by atoms with E-state index < -0.39 is 0 Å². The monoisotopic (exact) mass is 319 g/mol. The SMILES string of the molecule is CCCn1ncc(Cl)c1C(NCC)C1CSCCS1. The summed E-state index contributed by atoms with van der Waals surface area (Å²) in [6.07, 6.45) is 2.87. The highest BCUT2D eigenvalue weighted by Crippen LogP contribution is 2.36. The fourth-order valence-corrected chi connectivity index (χ4v) is 5.49. The van der Waals surface area contributed by atoms with Gasteiger partial charge < -0.3 is 5.32 Å². The van der Waals surface area contributed by atoms with Crippen LogP contribution >= 0.6 is 35.1 Å². The summed E-state index contributed by atoms with van der Waals surface area (Å²) in [5.41, 5.74) is 1.17. The third-order valence-corrected chi connectivity index (χ3v) is 6.36. The van der Waals surface area contributed by atoms with Gasteiger partial charge in [-0.25, -0.2) is 0 Å². The largest absolute Gasteiger partial charge is 0.308 e. The molecule has 1 aromatic heterocycles. The zero-order valence-corrected chi connectivity index (χ0v) is 14.0. The lowest BCUT2D eigenvalue weighted by Crippen LogP contribution is -2.35. The number of halogens is 1. The summed E-state index contributed by atoms with van der Waals surface area (Å²) in [5.74, 6) is 3.69. The van der Waals surface area contributed by atoms with Crippen molar-refractivity contribution in [2.24, 2.45) is 0 Å². The Kier molecular flexibility index (Phi) is 6.39. The summed E-state index contributed by atoms with van der Waals surface area (Å²) in [5, 5.41) is 9.44. The van der Waals surface area contributed by atoms with Crippen molar-refractivity contribution in [2.45, 2.75) is 38.1 Å². The number of rotatable bonds is 6. The van der Waals surface area contributed by atoms with Crippen LogP contribution in [-0.2, 0) is 6.54 Å². The molecule has 1 saturated heterocycles. The van der Waals surface area contributed by atoms with E-state index in [4.69, 9.17) is 11.6 Å². The maximum Gasteiger partial charge on any atom is 0.0834 e. The fraction of sp³-hybridized carbons (Fsp3) is 0.769. The van der Waals surface area contributed by atoms with E-state index >= 15 is 0 Å². The van der Waals surface area contributed by atoms with Crippen LogP contribution in [0.15, 0.2) is 6.20 Å². The van der Waals surface area contributed by atoms with E-state index in [0.29, 0.717) is 11.3 Å². The van der Waals surface area contributed by atoms with E-state index in [9.17, 15) is 0 Å². The molecule has 0 aromatic carbocycles. The molecule has 2 atom stereocenters. The van der Waals surface area contributed by atoms with E-state index in [1.807, 2.05) is 11.8 Å². The number of hydrogen-bond donors (Lipinski definition) is 1. The molecule has 2 rings (SSSR count). The molecule has 0 amide bonds. The van der Waals surface area contributed by atoms with Crippen molar-refractivity contribution >= 4 is 35.1 Å². The van der Waals surface area contributed by atoms with E-state index in [1.165, 1.54) is 23.0 Å². The minimum absolute atomic E-state index is 0.310. The van der Waals surface area contributed by atoms with Gasteiger partial charge in [-0.1, -0.05) is 25.4 Å². The van der Waals surface area contributed by atoms with Crippen LogP contribution in [0.3, 0.4) is 0 Å². The minimum atomic E-state index is 0.310. The summed E-state index contributed by atoms with van der Waals surface area (Å²) < 4.78 is 2.08. The molecule has 6 heteroatoms. The van der Waals surface area contributed by atoms with E-state index in [-0.39, 0.29) is 0 Å². The molecular formula is C13H22ClN3S2. The summed E-state index contributed by atoms with van der Waals surface area (Å²) in [6.45, 7) is 6.23. The normalized spacial score (nSPS) is 21.5. The first-order valence-corrected chi connectivity index (χ1v) is 9.50. The summed E-state index contributed by atoms with van der Waals surface area (Å²) in [6, 6.07) is 0.310. The molecule has 3 nitrogen and oxygen atoms in total. The van der Waals surface area contributed by atoms with Gasteiger partial charge in [0.1, 0.15) is 0 Å². The number of nitrogens with zero attached hydrogens (tertiary/aromatic N) is 2. The minimum Gasteiger partial charge on any atom is -0.308 e. The van der Waals surface area contributed by atoms with Crippen molar-refractivity contribution in [2.75, 3.05) is 23.8 Å². The maximum absolute atomic E-state index is 6.39. The molecule has 0 saturated carbocycles. The highest BCUT2D eigenvalue weighted by molar-refractivity contribution is 8.06. The summed E-state index contributed by atoms with van der Waals surface area (Å²) in [4.78, 5) is 0. The third kappa shape index (κ3) is 3.84. The number of thioether (sulfide) groups is 2. The smallest absolute Gasteiger partial charge is 0.0834 e. The van der Waals surface area contributed by atoms with Crippen LogP contribution in [0.25, 0.3) is 0 Å². The molecule has 1 aliphatic rings. The van der Waals surface area contributed by atoms with Crippen LogP contribution in [0.4, 0.5) is 0 Å². The zero-order valence-electron chi connectivity index (χ0n) is 11.6. The van der Waals surface area contributed by atoms with Crippen LogP contribution in [0.1, 0.15) is 32.0 Å². The molecule has 1 N–H and O–H groups in total. The van der Waals surface area contributed by atoms with Crippen LogP contribution in [0.5, 0.6) is 0 Å². The van der Waals surface area contributed by atoms with Gasteiger partial charge in [0.25, 0.3) is 0 Å². The molecule has 0 radical (unpaired) electrons. The van der Waals surface area contributed by atoms with Crippen molar-refractivity contribution in [3.05, 3.63) is 16.9 Å². The third-order valence-electron chi connectivity index (χ3n) is 3.20. The molecule has 2 unspecified atom stereocenters. The van der Waals surface area contributed by atoms with Crippen LogP contribution in [-0.4, -0.2) is 38.8 Å². The van der Waals surface area contributed by atoms with Gasteiger partial charge in [-0.15, -0.1) is 0 Å². The molecule has 1 aromatic rings. The zero-order chi connectivity index (χ0) is 13.7. The Morgan fingerprint density at radius 1 is 1.53 bits per heavy atom. The summed E-state index contributed by atoms with van der Waals surface area (Å²) >= 11 is 10.5. The highest BCUT2D eigenvalue weighted by atomic mass is 35.5. The first-order chi connectivity index (χ1) is 9.27. The number of aromatic nitrogens is 2. The quantitative estimate of drug-likeness (QED) is 0.870. The molecule has 108 valence electrons. The van der Waals surface area contributed by atoms with E-state index in [1.54, 1.807) is 6.20 Å². The molecule has 0 spiro atoms. The molecule has 2 heterocycles. The Balaban J connectivity index is 2.24. The second-order valence-corrected chi connectivity index (χ2v) is 7.52. The van der Waals surface area contributed by atoms with Crippen molar-refractivity contribution in [3.63, 3.8) is 0 Å². The molecule has 19 heavy (non-hydrogen) atoms. The molecule has 0 bridgehead atoms. The van der Waals surface area contributed by atoms with Crippen molar-refractivity contribution < 1.29 is 0 Å². The number of aryl methyl sites for hydroxylation is 1. The van der Waals surface area contributed by atoms with Crippen molar-refractivity contribution in [1.29, 1.82) is 0 Å². The van der Waals surface area contributed by atoms with Gasteiger partial charge >= 0.3 is 0 Å². The second kappa shape index (κ2) is 7.81. The molecule has 0 aliphatic carbocycles. The van der Waals surface area contributed by atoms with Crippen LogP contribution in [0.2, 0.25) is 5.02 Å². The topological polar surface area (TPSA) is 29.9 Å². The Labute approximate surface area is 129 Å². The van der Waals surface area contributed by atoms with Gasteiger partial charge in [0.15, 0.2) is 0 Å². The average Bonchev–Trinajstić information content (AvgIpc) is 2.79. The lowest BCUT2D eigenvalue weighted by Gasteiger charge is -2.30. The number of nitrogens with one attached hydrogen (secondary N) is 1. The Hall–Kier alpha value is 0.160. The van der Waals surface area contributed by atoms with E-state index in [0.717, 1.165) is 24.5 Å². The molecule has 1 fully saturated rings. The van der Waals surface area contributed by atoms with Gasteiger partial charge in [-0.05, 0) is 13.0 Å². The van der Waals surface area contributed by atoms with Crippen molar-refractivity contribution in [1.82, 2.24) is 15.1 Å². The average molecular weight is 320 g/mol. The van der Waals surface area contributed by atoms with Crippen LogP contribution in [0, 0.1) is 0 Å². The first kappa shape index (κ1) is 15.5. The second-order valence-electron chi connectivity index (χ2n) is 4.62. The van der Waals surface area contributed by atoms with E-state index in [2.05, 4.69) is 40.7 Å². The maximum atomic E-state index is 6.39. The van der Waals surface area contributed by atoms with Crippen LogP contribution < -0.4 is 5.32 Å². The standard InChI is InChI=1S/C13H22ClN3S2/c1-3-5-17-13(10(14)8-16-17)12(15-4-2)11-9-18-6-7-19-11/h8,11-12,15H,3-7,9H2,1-2H3. The Morgan fingerprint density at radius 2 is 2.37 bits per heavy atom. The Bertz CT molecular complexity index is 391. The molecular weight excluding hydrogens is 298 g/mol. The Morgan fingerprint density at radius 3 is 3.00 bits per heavy atom. The highest BCUT2D eigenvalue weighted by Gasteiger charge is 2.29. The predicted molar refractivity (Wildman–Crippen MR) is 87.5 cm³/mol. The fourth-order valence-electron chi connectivity index (χ4n) is 2.39. The van der Waals surface area contributed by atoms with Gasteiger partial charge in [-0.3, -0.25) is 4.68 Å². The molecule has 1 aliphatic heterocycles. The van der Waals surface area contributed by atoms with Gasteiger partial charge in [0.05, 0.1) is 23.0 Å². The van der Waals surface area contributed by atoms with Crippen molar-refractivity contribution in [3.8, 4) is 0 Å².